The van der Waals surface area contributed by atoms with Gasteiger partial charge in [0.15, 0.2) is 0 Å². The van der Waals surface area contributed by atoms with Gasteiger partial charge in [-0.3, -0.25) is 14.5 Å². The molecular formula is C17H12ClNO2S2. The normalized spacial score (nSPS) is 16.4. The van der Waals surface area contributed by atoms with E-state index in [2.05, 4.69) is 6.58 Å². The van der Waals surface area contributed by atoms with E-state index < -0.39 is 0 Å². The maximum Gasteiger partial charge on any atom is 0.293 e. The van der Waals surface area contributed by atoms with E-state index in [4.69, 9.17) is 11.6 Å². The molecule has 1 fully saturated rings. The monoisotopic (exact) mass is 361 g/mol. The summed E-state index contributed by atoms with van der Waals surface area (Å²) in [4.78, 5) is 27.6. The average molecular weight is 362 g/mol. The molecule has 116 valence electrons. The fourth-order valence-corrected chi connectivity index (χ4v) is 4.11. The lowest BCUT2D eigenvalue weighted by Gasteiger charge is -2.07. The lowest BCUT2D eigenvalue weighted by atomic mass is 10.2. The second kappa shape index (κ2) is 6.74. The Labute approximate surface area is 147 Å². The Morgan fingerprint density at radius 1 is 1.13 bits per heavy atom. The van der Waals surface area contributed by atoms with Crippen LogP contribution in [0.3, 0.4) is 0 Å². The van der Waals surface area contributed by atoms with Crippen molar-refractivity contribution in [3.8, 4) is 10.4 Å². The highest BCUT2D eigenvalue weighted by molar-refractivity contribution is 8.18. The Balaban J connectivity index is 1.84. The highest BCUT2D eigenvalue weighted by Crippen LogP contribution is 2.35. The van der Waals surface area contributed by atoms with Crippen LogP contribution in [0.25, 0.3) is 16.5 Å². The molecule has 0 bridgehead atoms. The van der Waals surface area contributed by atoms with Crippen molar-refractivity contribution in [1.82, 2.24) is 4.90 Å². The Kier molecular flexibility index (Phi) is 4.71. The van der Waals surface area contributed by atoms with Crippen LogP contribution in [0.15, 0.2) is 54.0 Å². The van der Waals surface area contributed by atoms with Crippen LogP contribution >= 0.6 is 34.7 Å². The third-order valence-electron chi connectivity index (χ3n) is 3.21. The number of thioether (sulfide) groups is 1. The van der Waals surface area contributed by atoms with Crippen molar-refractivity contribution in [3.63, 3.8) is 0 Å². The largest absolute Gasteiger partial charge is 0.293 e. The summed E-state index contributed by atoms with van der Waals surface area (Å²) in [6.07, 6.45) is 3.31. The average Bonchev–Trinajstić information content (AvgIpc) is 3.09. The van der Waals surface area contributed by atoms with E-state index in [1.165, 1.54) is 4.90 Å². The molecule has 1 saturated heterocycles. The van der Waals surface area contributed by atoms with Crippen LogP contribution in [0.1, 0.15) is 4.88 Å². The van der Waals surface area contributed by atoms with E-state index in [1.54, 1.807) is 23.5 Å². The maximum absolute atomic E-state index is 12.2. The van der Waals surface area contributed by atoms with Crippen molar-refractivity contribution in [2.45, 2.75) is 0 Å². The highest BCUT2D eigenvalue weighted by atomic mass is 35.5. The second-order valence-corrected chi connectivity index (χ2v) is 7.33. The quantitative estimate of drug-likeness (QED) is 0.548. The van der Waals surface area contributed by atoms with Crippen LogP contribution in [0, 0.1) is 0 Å². The molecular weight excluding hydrogens is 350 g/mol. The molecule has 6 heteroatoms. The van der Waals surface area contributed by atoms with Gasteiger partial charge in [-0.25, -0.2) is 0 Å². The van der Waals surface area contributed by atoms with Crippen molar-refractivity contribution in [2.24, 2.45) is 0 Å². The molecule has 2 heterocycles. The molecule has 2 amide bonds. The smallest absolute Gasteiger partial charge is 0.268 e. The van der Waals surface area contributed by atoms with Gasteiger partial charge in [0, 0.05) is 21.3 Å². The van der Waals surface area contributed by atoms with Gasteiger partial charge in [0.1, 0.15) is 0 Å². The summed E-state index contributed by atoms with van der Waals surface area (Å²) < 4.78 is 0. The number of carbonyl (C=O) groups is 2. The predicted octanol–water partition coefficient (Wildman–Crippen LogP) is 5.29. The van der Waals surface area contributed by atoms with Gasteiger partial charge in [-0.2, -0.15) is 0 Å². The van der Waals surface area contributed by atoms with Crippen LogP contribution in [0.2, 0.25) is 5.02 Å². The molecule has 1 aromatic heterocycles. The zero-order valence-corrected chi connectivity index (χ0v) is 14.4. The fraction of sp³-hybridized carbons (Fsp3) is 0.0588. The highest BCUT2D eigenvalue weighted by Gasteiger charge is 2.34. The summed E-state index contributed by atoms with van der Waals surface area (Å²) in [5.41, 5.74) is 1.07. The van der Waals surface area contributed by atoms with Gasteiger partial charge >= 0.3 is 0 Å². The summed E-state index contributed by atoms with van der Waals surface area (Å²) in [6.45, 7) is 3.80. The van der Waals surface area contributed by atoms with Crippen molar-refractivity contribution in [1.29, 1.82) is 0 Å². The Morgan fingerprint density at radius 3 is 2.57 bits per heavy atom. The lowest BCUT2D eigenvalue weighted by Crippen LogP contribution is -2.27. The van der Waals surface area contributed by atoms with Gasteiger partial charge in [0.05, 0.1) is 4.91 Å². The van der Waals surface area contributed by atoms with Crippen molar-refractivity contribution in [3.05, 3.63) is 63.9 Å². The second-order valence-electron chi connectivity index (χ2n) is 4.79. The van der Waals surface area contributed by atoms with E-state index in [0.717, 1.165) is 27.1 Å². The van der Waals surface area contributed by atoms with E-state index in [9.17, 15) is 9.59 Å². The molecule has 0 N–H and O–H groups in total. The first-order valence-corrected chi connectivity index (χ1v) is 8.81. The number of carbonyl (C=O) groups excluding carboxylic acids is 2. The van der Waals surface area contributed by atoms with Crippen molar-refractivity contribution >= 4 is 51.9 Å². The third kappa shape index (κ3) is 3.42. The number of imide groups is 1. The first-order valence-electron chi connectivity index (χ1n) is 6.80. The molecule has 1 aliphatic rings. The molecule has 0 unspecified atom stereocenters. The maximum atomic E-state index is 12.2. The van der Waals surface area contributed by atoms with Crippen LogP contribution in [0.4, 0.5) is 4.79 Å². The number of halogens is 1. The zero-order chi connectivity index (χ0) is 16.4. The zero-order valence-electron chi connectivity index (χ0n) is 12.0. The van der Waals surface area contributed by atoms with Gasteiger partial charge in [-0.15, -0.1) is 17.9 Å². The minimum absolute atomic E-state index is 0.239. The summed E-state index contributed by atoms with van der Waals surface area (Å²) in [5, 5.41) is 0.442. The third-order valence-corrected chi connectivity index (χ3v) is 5.45. The first kappa shape index (κ1) is 16.1. The van der Waals surface area contributed by atoms with Gasteiger partial charge in [-0.05, 0) is 47.7 Å². The summed E-state index contributed by atoms with van der Waals surface area (Å²) >= 11 is 8.42. The van der Waals surface area contributed by atoms with E-state index in [0.29, 0.717) is 9.93 Å². The molecule has 2 aromatic rings. The molecule has 0 atom stereocenters. The number of nitrogens with zero attached hydrogens (tertiary/aromatic N) is 1. The van der Waals surface area contributed by atoms with E-state index in [1.807, 2.05) is 36.4 Å². The minimum atomic E-state index is -0.263. The number of hydrogen-bond acceptors (Lipinski definition) is 4. The van der Waals surface area contributed by atoms with Crippen LogP contribution < -0.4 is 0 Å². The van der Waals surface area contributed by atoms with Crippen molar-refractivity contribution < 1.29 is 9.59 Å². The molecule has 3 rings (SSSR count). The molecule has 3 nitrogen and oxygen atoms in total. The Morgan fingerprint density at radius 2 is 1.87 bits per heavy atom. The summed E-state index contributed by atoms with van der Waals surface area (Å²) in [7, 11) is 0. The van der Waals surface area contributed by atoms with Crippen LogP contribution in [-0.4, -0.2) is 22.6 Å². The van der Waals surface area contributed by atoms with Crippen LogP contribution in [0.5, 0.6) is 0 Å². The number of rotatable bonds is 4. The molecule has 0 saturated carbocycles. The fourth-order valence-electron chi connectivity index (χ4n) is 2.12. The van der Waals surface area contributed by atoms with Gasteiger partial charge < -0.3 is 0 Å². The topological polar surface area (TPSA) is 37.4 Å². The number of amides is 2. The molecule has 0 radical (unpaired) electrons. The van der Waals surface area contributed by atoms with E-state index >= 15 is 0 Å². The summed E-state index contributed by atoms with van der Waals surface area (Å²) in [5.74, 6) is -0.263. The summed E-state index contributed by atoms with van der Waals surface area (Å²) in [6, 6.07) is 11.5. The minimum Gasteiger partial charge on any atom is -0.268 e. The molecule has 23 heavy (non-hydrogen) atoms. The van der Waals surface area contributed by atoms with Crippen molar-refractivity contribution in [2.75, 3.05) is 6.54 Å². The molecule has 0 aliphatic carbocycles. The van der Waals surface area contributed by atoms with E-state index in [-0.39, 0.29) is 17.7 Å². The SMILES string of the molecule is C=CCN1C(=O)SC(=Cc2ccc(-c3ccc(Cl)cc3)s2)C1=O. The Hall–Kier alpha value is -1.82. The number of hydrogen-bond donors (Lipinski definition) is 0. The van der Waals surface area contributed by atoms with Gasteiger partial charge in [-0.1, -0.05) is 29.8 Å². The van der Waals surface area contributed by atoms with Crippen LogP contribution in [-0.2, 0) is 4.79 Å². The molecule has 1 aromatic carbocycles. The molecule has 0 spiro atoms. The number of benzene rings is 1. The standard InChI is InChI=1S/C17H12ClNO2S2/c1-2-9-19-16(20)15(23-17(19)21)10-13-7-8-14(22-13)11-3-5-12(18)6-4-11/h2-8,10H,1,9H2. The first-order chi connectivity index (χ1) is 11.1. The van der Waals surface area contributed by atoms with Gasteiger partial charge in [0.2, 0.25) is 0 Å². The van der Waals surface area contributed by atoms with Gasteiger partial charge in [0.25, 0.3) is 11.1 Å². The molecule has 1 aliphatic heterocycles. The predicted molar refractivity (Wildman–Crippen MR) is 97.6 cm³/mol. The number of thiophene rings is 1. The lowest BCUT2D eigenvalue weighted by molar-refractivity contribution is -0.122. The Bertz CT molecular complexity index is 808.